The van der Waals surface area contributed by atoms with E-state index in [1.807, 2.05) is 6.92 Å². The van der Waals surface area contributed by atoms with Crippen molar-refractivity contribution in [2.75, 3.05) is 0 Å². The molecule has 1 rings (SSSR count). The minimum Gasteiger partial charge on any atom is -0.393 e. The van der Waals surface area contributed by atoms with Crippen LogP contribution in [0.15, 0.2) is 0 Å². The van der Waals surface area contributed by atoms with Crippen molar-refractivity contribution in [3.05, 3.63) is 0 Å². The number of hydrogen-bond acceptors (Lipinski definition) is 2. The molecule has 0 saturated heterocycles. The van der Waals surface area contributed by atoms with Crippen molar-refractivity contribution in [3.8, 4) is 0 Å². The van der Waals surface area contributed by atoms with Gasteiger partial charge in [-0.15, -0.1) is 0 Å². The summed E-state index contributed by atoms with van der Waals surface area (Å²) in [7, 11) is 0. The molecular weight excluding hydrogens is 152 g/mol. The molecule has 0 bridgehead atoms. The summed E-state index contributed by atoms with van der Waals surface area (Å²) in [6.45, 7) is 4.17. The number of hydrogen-bond donors (Lipinski definition) is 2. The van der Waals surface area contributed by atoms with Gasteiger partial charge in [0.25, 0.3) is 0 Å². The van der Waals surface area contributed by atoms with Crippen LogP contribution in [0.5, 0.6) is 0 Å². The topological polar surface area (TPSA) is 40.5 Å². The second-order valence-corrected chi connectivity index (χ2v) is 4.08. The predicted molar refractivity (Wildman–Crippen MR) is 48.8 cm³/mol. The molecule has 12 heavy (non-hydrogen) atoms. The molecule has 0 aromatic heterocycles. The summed E-state index contributed by atoms with van der Waals surface area (Å²) in [5, 5.41) is 19.1. The van der Waals surface area contributed by atoms with E-state index >= 15 is 0 Å². The molecule has 1 aliphatic rings. The van der Waals surface area contributed by atoms with Crippen LogP contribution in [0, 0.1) is 11.8 Å². The number of rotatable bonds is 2. The van der Waals surface area contributed by atoms with Gasteiger partial charge in [-0.1, -0.05) is 13.8 Å². The summed E-state index contributed by atoms with van der Waals surface area (Å²) >= 11 is 0. The van der Waals surface area contributed by atoms with Crippen molar-refractivity contribution in [3.63, 3.8) is 0 Å². The molecule has 4 unspecified atom stereocenters. The predicted octanol–water partition coefficient (Wildman–Crippen LogP) is 1.55. The second-order valence-electron chi connectivity index (χ2n) is 4.08. The van der Waals surface area contributed by atoms with E-state index in [9.17, 15) is 10.2 Å². The minimum absolute atomic E-state index is 0.174. The summed E-state index contributed by atoms with van der Waals surface area (Å²) in [5.74, 6) is 0.891. The van der Waals surface area contributed by atoms with Gasteiger partial charge in [0.2, 0.25) is 0 Å². The number of aliphatic hydroxyl groups excluding tert-OH is 2. The summed E-state index contributed by atoms with van der Waals surface area (Å²) in [6, 6.07) is 0. The van der Waals surface area contributed by atoms with Gasteiger partial charge in [-0.05, 0) is 37.5 Å². The first kappa shape index (κ1) is 10.0. The van der Waals surface area contributed by atoms with Gasteiger partial charge in [-0.2, -0.15) is 0 Å². The van der Waals surface area contributed by atoms with Crippen LogP contribution >= 0.6 is 0 Å². The third-order valence-corrected chi connectivity index (χ3v) is 3.14. The second kappa shape index (κ2) is 4.24. The molecule has 4 atom stereocenters. The SMILES string of the molecule is CCC(O)C1CC(O)CCC1C. The molecule has 2 N–H and O–H groups in total. The maximum Gasteiger partial charge on any atom is 0.0569 e. The van der Waals surface area contributed by atoms with Crippen LogP contribution in [-0.2, 0) is 0 Å². The van der Waals surface area contributed by atoms with E-state index < -0.39 is 0 Å². The normalized spacial score (nSPS) is 39.5. The highest BCUT2D eigenvalue weighted by Gasteiger charge is 2.30. The third-order valence-electron chi connectivity index (χ3n) is 3.14. The molecule has 0 heterocycles. The molecule has 0 aliphatic heterocycles. The zero-order valence-electron chi connectivity index (χ0n) is 8.03. The smallest absolute Gasteiger partial charge is 0.0569 e. The van der Waals surface area contributed by atoms with E-state index in [2.05, 4.69) is 6.92 Å². The standard InChI is InChI=1S/C10H20O2/c1-3-10(12)9-6-8(11)5-4-7(9)2/h7-12H,3-6H2,1-2H3. The Morgan fingerprint density at radius 1 is 1.42 bits per heavy atom. The van der Waals surface area contributed by atoms with Gasteiger partial charge in [-0.25, -0.2) is 0 Å². The fourth-order valence-corrected chi connectivity index (χ4v) is 2.17. The van der Waals surface area contributed by atoms with E-state index in [1.54, 1.807) is 0 Å². The molecule has 0 aromatic carbocycles. The molecule has 1 fully saturated rings. The largest absolute Gasteiger partial charge is 0.393 e. The van der Waals surface area contributed by atoms with E-state index in [0.29, 0.717) is 11.8 Å². The summed E-state index contributed by atoms with van der Waals surface area (Å²) in [6.07, 6.45) is 3.18. The Labute approximate surface area is 74.6 Å². The quantitative estimate of drug-likeness (QED) is 0.663. The van der Waals surface area contributed by atoms with Crippen LogP contribution in [0.1, 0.15) is 39.5 Å². The van der Waals surface area contributed by atoms with E-state index in [4.69, 9.17) is 0 Å². The Morgan fingerprint density at radius 3 is 2.67 bits per heavy atom. The zero-order valence-corrected chi connectivity index (χ0v) is 8.03. The van der Waals surface area contributed by atoms with Crippen LogP contribution in [0.2, 0.25) is 0 Å². The first-order valence-corrected chi connectivity index (χ1v) is 5.01. The van der Waals surface area contributed by atoms with Gasteiger partial charge in [0.1, 0.15) is 0 Å². The van der Waals surface area contributed by atoms with Gasteiger partial charge in [0.05, 0.1) is 12.2 Å². The van der Waals surface area contributed by atoms with Crippen molar-refractivity contribution in [1.29, 1.82) is 0 Å². The monoisotopic (exact) mass is 172 g/mol. The Hall–Kier alpha value is -0.0800. The Bertz CT molecular complexity index is 132. The summed E-state index contributed by atoms with van der Waals surface area (Å²) in [5.41, 5.74) is 0. The Kier molecular flexibility index (Phi) is 3.53. The van der Waals surface area contributed by atoms with Crippen molar-refractivity contribution >= 4 is 0 Å². The number of aliphatic hydroxyl groups is 2. The fraction of sp³-hybridized carbons (Fsp3) is 1.00. The highest BCUT2D eigenvalue weighted by molar-refractivity contribution is 4.81. The van der Waals surface area contributed by atoms with Crippen LogP contribution in [0.4, 0.5) is 0 Å². The van der Waals surface area contributed by atoms with Gasteiger partial charge >= 0.3 is 0 Å². The van der Waals surface area contributed by atoms with Crippen molar-refractivity contribution < 1.29 is 10.2 Å². The molecule has 2 nitrogen and oxygen atoms in total. The van der Waals surface area contributed by atoms with Crippen molar-refractivity contribution in [1.82, 2.24) is 0 Å². The van der Waals surface area contributed by atoms with Gasteiger partial charge < -0.3 is 10.2 Å². The maximum atomic E-state index is 9.66. The Morgan fingerprint density at radius 2 is 2.08 bits per heavy atom. The average molecular weight is 172 g/mol. The lowest BCUT2D eigenvalue weighted by molar-refractivity contribution is -0.000104. The molecule has 0 spiro atoms. The summed E-state index contributed by atoms with van der Waals surface area (Å²) < 4.78 is 0. The first-order valence-electron chi connectivity index (χ1n) is 5.01. The molecular formula is C10H20O2. The summed E-state index contributed by atoms with van der Waals surface area (Å²) in [4.78, 5) is 0. The van der Waals surface area contributed by atoms with Gasteiger partial charge in [0, 0.05) is 0 Å². The highest BCUT2D eigenvalue weighted by Crippen LogP contribution is 2.33. The van der Waals surface area contributed by atoms with E-state index in [-0.39, 0.29) is 12.2 Å². The molecule has 0 amide bonds. The Balaban J connectivity index is 2.48. The van der Waals surface area contributed by atoms with Crippen molar-refractivity contribution in [2.24, 2.45) is 11.8 Å². The fourth-order valence-electron chi connectivity index (χ4n) is 2.17. The maximum absolute atomic E-state index is 9.66. The lowest BCUT2D eigenvalue weighted by atomic mass is 9.75. The van der Waals surface area contributed by atoms with Gasteiger partial charge in [-0.3, -0.25) is 0 Å². The van der Waals surface area contributed by atoms with Crippen LogP contribution in [0.3, 0.4) is 0 Å². The van der Waals surface area contributed by atoms with E-state index in [0.717, 1.165) is 25.7 Å². The molecule has 72 valence electrons. The third kappa shape index (κ3) is 2.20. The van der Waals surface area contributed by atoms with Crippen LogP contribution in [-0.4, -0.2) is 22.4 Å². The molecule has 2 heteroatoms. The first-order chi connectivity index (χ1) is 5.65. The van der Waals surface area contributed by atoms with E-state index in [1.165, 1.54) is 0 Å². The van der Waals surface area contributed by atoms with Crippen molar-refractivity contribution in [2.45, 2.75) is 51.7 Å². The average Bonchev–Trinajstić information content (AvgIpc) is 2.08. The molecule has 0 radical (unpaired) electrons. The van der Waals surface area contributed by atoms with Gasteiger partial charge in [0.15, 0.2) is 0 Å². The highest BCUT2D eigenvalue weighted by atomic mass is 16.3. The lowest BCUT2D eigenvalue weighted by Crippen LogP contribution is -2.34. The van der Waals surface area contributed by atoms with Crippen LogP contribution < -0.4 is 0 Å². The molecule has 1 saturated carbocycles. The van der Waals surface area contributed by atoms with Crippen LogP contribution in [0.25, 0.3) is 0 Å². The minimum atomic E-state index is -0.213. The zero-order chi connectivity index (χ0) is 9.14. The lowest BCUT2D eigenvalue weighted by Gasteiger charge is -2.34. The molecule has 0 aromatic rings. The molecule has 1 aliphatic carbocycles.